The molecule has 0 unspecified atom stereocenters. The Kier molecular flexibility index (Phi) is 10.7. The number of allylic oxidation sites excluding steroid dienone is 2. The zero-order valence-electron chi connectivity index (χ0n) is 22.5. The van der Waals surface area contributed by atoms with E-state index in [0.29, 0.717) is 25.8 Å². The van der Waals surface area contributed by atoms with Crippen molar-refractivity contribution in [3.8, 4) is 0 Å². The Morgan fingerprint density at radius 1 is 0.949 bits per heavy atom. The second kappa shape index (κ2) is 14.6. The highest BCUT2D eigenvalue weighted by molar-refractivity contribution is 5.86. The number of amides is 2. The van der Waals surface area contributed by atoms with E-state index in [4.69, 9.17) is 4.74 Å². The Morgan fingerprint density at radius 3 is 2.44 bits per heavy atom. The first-order chi connectivity index (χ1) is 19.0. The maximum absolute atomic E-state index is 13.6. The molecule has 0 bridgehead atoms. The Morgan fingerprint density at radius 2 is 1.69 bits per heavy atom. The molecule has 4 atom stereocenters. The zero-order chi connectivity index (χ0) is 27.5. The molecule has 4 rings (SSSR count). The molecule has 0 aliphatic carbocycles. The lowest BCUT2D eigenvalue weighted by Gasteiger charge is -2.27. The number of likely N-dealkylation sites (tertiary alicyclic amines) is 1. The summed E-state index contributed by atoms with van der Waals surface area (Å²) in [6.45, 7) is 0.575. The monoisotopic (exact) mass is 532 g/mol. The van der Waals surface area contributed by atoms with Gasteiger partial charge in [0, 0.05) is 13.0 Å². The fraction of sp³-hybridized carbons (Fsp3) is 0.469. The zero-order valence-corrected chi connectivity index (χ0v) is 22.5. The fourth-order valence-corrected chi connectivity index (χ4v) is 5.51. The standard InChI is InChI=1S/C32H40N2O5/c35-22-28-18-11-19-34(28)30(36)21-26-16-7-1-2-8-17-27(20-24-12-5-3-6-13-24)32(38)39-23-29(33-31(26)37)25-14-9-4-10-15-25/h1,3-7,9-10,12-15,26-29,35H,2,8,11,16-23H2,(H,33,37)/t26-,27-,28+,29-/m1/s1. The van der Waals surface area contributed by atoms with E-state index in [0.717, 1.165) is 36.8 Å². The number of rotatable bonds is 6. The summed E-state index contributed by atoms with van der Waals surface area (Å²) in [5.74, 6) is -1.42. The predicted molar refractivity (Wildman–Crippen MR) is 149 cm³/mol. The number of ether oxygens (including phenoxy) is 1. The highest BCUT2D eigenvalue weighted by atomic mass is 16.5. The van der Waals surface area contributed by atoms with Gasteiger partial charge in [0.05, 0.1) is 30.5 Å². The number of hydrogen-bond donors (Lipinski definition) is 2. The SMILES string of the molecule is O=C1N[C@@H](c2ccccc2)COC(=O)[C@@H](Cc2ccccc2)CCCC=CC[C@@H]1CC(=O)N1CCC[C@H]1CO. The summed E-state index contributed by atoms with van der Waals surface area (Å²) in [6, 6.07) is 18.7. The number of carbonyl (C=O) groups excluding carboxylic acids is 3. The van der Waals surface area contributed by atoms with Crippen LogP contribution in [0.4, 0.5) is 0 Å². The molecule has 1 fully saturated rings. The average Bonchev–Trinajstić information content (AvgIpc) is 3.45. The summed E-state index contributed by atoms with van der Waals surface area (Å²) in [7, 11) is 0. The number of aliphatic hydroxyl groups excluding tert-OH is 1. The van der Waals surface area contributed by atoms with Crippen LogP contribution in [-0.2, 0) is 25.5 Å². The summed E-state index contributed by atoms with van der Waals surface area (Å²) in [5, 5.41) is 12.7. The number of nitrogens with one attached hydrogen (secondary N) is 1. The fourth-order valence-electron chi connectivity index (χ4n) is 5.51. The number of nitrogens with zero attached hydrogens (tertiary/aromatic N) is 1. The largest absolute Gasteiger partial charge is 0.463 e. The molecule has 0 aromatic heterocycles. The molecule has 208 valence electrons. The van der Waals surface area contributed by atoms with Gasteiger partial charge in [-0.05, 0) is 56.1 Å². The van der Waals surface area contributed by atoms with E-state index < -0.39 is 12.0 Å². The minimum atomic E-state index is -0.552. The van der Waals surface area contributed by atoms with Gasteiger partial charge in [-0.2, -0.15) is 0 Å². The first-order valence-electron chi connectivity index (χ1n) is 14.2. The van der Waals surface area contributed by atoms with E-state index in [-0.39, 0.29) is 49.4 Å². The third kappa shape index (κ3) is 8.27. The van der Waals surface area contributed by atoms with Crippen LogP contribution in [0, 0.1) is 11.8 Å². The lowest BCUT2D eigenvalue weighted by molar-refractivity contribution is -0.150. The van der Waals surface area contributed by atoms with Crippen molar-refractivity contribution in [3.63, 3.8) is 0 Å². The Bertz CT molecular complexity index is 1100. The van der Waals surface area contributed by atoms with E-state index in [9.17, 15) is 19.5 Å². The second-order valence-electron chi connectivity index (χ2n) is 10.6. The van der Waals surface area contributed by atoms with Crippen LogP contribution in [0.15, 0.2) is 72.8 Å². The smallest absolute Gasteiger partial charge is 0.309 e. The lowest BCUT2D eigenvalue weighted by Crippen LogP contribution is -2.42. The van der Waals surface area contributed by atoms with Crippen molar-refractivity contribution < 1.29 is 24.2 Å². The lowest BCUT2D eigenvalue weighted by atomic mass is 9.93. The van der Waals surface area contributed by atoms with Gasteiger partial charge in [-0.25, -0.2) is 0 Å². The normalized spacial score (nSPS) is 25.0. The Labute approximate surface area is 231 Å². The molecule has 2 N–H and O–H groups in total. The van der Waals surface area contributed by atoms with Crippen molar-refractivity contribution >= 4 is 17.8 Å². The molecule has 0 spiro atoms. The molecule has 0 saturated carbocycles. The number of benzene rings is 2. The van der Waals surface area contributed by atoms with Crippen molar-refractivity contribution in [2.45, 2.75) is 63.5 Å². The quantitative estimate of drug-likeness (QED) is 0.426. The summed E-state index contributed by atoms with van der Waals surface area (Å²) >= 11 is 0. The van der Waals surface area contributed by atoms with Crippen LogP contribution in [0.1, 0.15) is 62.1 Å². The van der Waals surface area contributed by atoms with Crippen molar-refractivity contribution in [2.24, 2.45) is 11.8 Å². The van der Waals surface area contributed by atoms with Gasteiger partial charge in [0.15, 0.2) is 0 Å². The van der Waals surface area contributed by atoms with Gasteiger partial charge in [-0.15, -0.1) is 0 Å². The molecule has 2 heterocycles. The Hall–Kier alpha value is -3.45. The van der Waals surface area contributed by atoms with Crippen molar-refractivity contribution in [1.82, 2.24) is 10.2 Å². The molecular weight excluding hydrogens is 492 g/mol. The van der Waals surface area contributed by atoms with Crippen molar-refractivity contribution in [2.75, 3.05) is 19.8 Å². The van der Waals surface area contributed by atoms with E-state index >= 15 is 0 Å². The van der Waals surface area contributed by atoms with Gasteiger partial charge in [-0.3, -0.25) is 14.4 Å². The third-order valence-electron chi connectivity index (χ3n) is 7.78. The highest BCUT2D eigenvalue weighted by Crippen LogP contribution is 2.24. The molecular formula is C32H40N2O5. The molecule has 2 amide bonds. The van der Waals surface area contributed by atoms with Gasteiger partial charge in [0.25, 0.3) is 0 Å². The number of aliphatic hydroxyl groups is 1. The van der Waals surface area contributed by atoms with Crippen molar-refractivity contribution in [3.05, 3.63) is 83.9 Å². The van der Waals surface area contributed by atoms with Crippen LogP contribution in [0.2, 0.25) is 0 Å². The van der Waals surface area contributed by atoms with Gasteiger partial charge < -0.3 is 20.1 Å². The maximum Gasteiger partial charge on any atom is 0.309 e. The molecule has 1 saturated heterocycles. The van der Waals surface area contributed by atoms with E-state index in [2.05, 4.69) is 5.32 Å². The molecule has 2 aromatic carbocycles. The maximum atomic E-state index is 13.6. The van der Waals surface area contributed by atoms with Crippen LogP contribution >= 0.6 is 0 Å². The first kappa shape index (κ1) is 28.6. The van der Waals surface area contributed by atoms with Crippen molar-refractivity contribution in [1.29, 1.82) is 0 Å². The van der Waals surface area contributed by atoms with Crippen LogP contribution in [0.5, 0.6) is 0 Å². The van der Waals surface area contributed by atoms with Crippen LogP contribution < -0.4 is 5.32 Å². The molecule has 7 nitrogen and oxygen atoms in total. The third-order valence-corrected chi connectivity index (χ3v) is 7.78. The second-order valence-corrected chi connectivity index (χ2v) is 10.6. The predicted octanol–water partition coefficient (Wildman–Crippen LogP) is 4.37. The number of esters is 1. The van der Waals surface area contributed by atoms with E-state index in [1.807, 2.05) is 72.8 Å². The van der Waals surface area contributed by atoms with Gasteiger partial charge in [0.2, 0.25) is 11.8 Å². The molecule has 2 aliphatic rings. The first-order valence-corrected chi connectivity index (χ1v) is 14.2. The van der Waals surface area contributed by atoms with Gasteiger partial charge in [0.1, 0.15) is 6.61 Å². The van der Waals surface area contributed by atoms with Crippen LogP contribution in [-0.4, -0.2) is 53.6 Å². The molecule has 39 heavy (non-hydrogen) atoms. The summed E-state index contributed by atoms with van der Waals surface area (Å²) in [6.07, 6.45) is 9.13. The minimum absolute atomic E-state index is 0.0229. The number of carbonyl (C=O) groups is 3. The molecule has 2 aromatic rings. The minimum Gasteiger partial charge on any atom is -0.463 e. The summed E-state index contributed by atoms with van der Waals surface area (Å²) < 4.78 is 5.84. The van der Waals surface area contributed by atoms with Gasteiger partial charge >= 0.3 is 5.97 Å². The number of cyclic esters (lactones) is 1. The number of hydrogen-bond acceptors (Lipinski definition) is 5. The summed E-state index contributed by atoms with van der Waals surface area (Å²) in [5.41, 5.74) is 1.93. The highest BCUT2D eigenvalue weighted by Gasteiger charge is 2.32. The molecule has 2 aliphatic heterocycles. The molecule has 7 heteroatoms. The van der Waals surface area contributed by atoms with Gasteiger partial charge in [-0.1, -0.05) is 72.8 Å². The summed E-state index contributed by atoms with van der Waals surface area (Å²) in [4.78, 5) is 41.6. The average molecular weight is 533 g/mol. The topological polar surface area (TPSA) is 95.9 Å². The van der Waals surface area contributed by atoms with E-state index in [1.54, 1.807) is 4.90 Å². The van der Waals surface area contributed by atoms with Crippen LogP contribution in [0.3, 0.4) is 0 Å². The van der Waals surface area contributed by atoms with E-state index in [1.165, 1.54) is 0 Å². The van der Waals surface area contributed by atoms with Crippen LogP contribution in [0.25, 0.3) is 0 Å². The Balaban J connectivity index is 1.52. The molecule has 0 radical (unpaired) electrons.